The highest BCUT2D eigenvalue weighted by molar-refractivity contribution is 7.87. The van der Waals surface area contributed by atoms with E-state index in [4.69, 9.17) is 0 Å². The van der Waals surface area contributed by atoms with Gasteiger partial charge >= 0.3 is 6.01 Å². The van der Waals surface area contributed by atoms with Crippen molar-refractivity contribution in [1.29, 1.82) is 0 Å². The van der Waals surface area contributed by atoms with Crippen LogP contribution in [0.1, 0.15) is 11.1 Å². The van der Waals surface area contributed by atoms with Gasteiger partial charge in [0.15, 0.2) is 0 Å². The van der Waals surface area contributed by atoms with E-state index in [0.29, 0.717) is 40.3 Å². The fraction of sp³-hybridized carbons (Fsp3) is 0.0606. The zero-order chi connectivity index (χ0) is 43.1. The van der Waals surface area contributed by atoms with Crippen LogP contribution >= 0.6 is 0 Å². The highest BCUT2D eigenvalue weighted by Crippen LogP contribution is 2.33. The molecule has 1 heterocycles. The van der Waals surface area contributed by atoms with Crippen molar-refractivity contribution in [3.8, 4) is 6.01 Å². The first-order chi connectivity index (χ1) is 27.4. The van der Waals surface area contributed by atoms with Gasteiger partial charge in [-0.3, -0.25) is 18.2 Å². The molecule has 1 aromatic heterocycles. The highest BCUT2D eigenvalue weighted by Gasteiger charge is 2.21. The summed E-state index contributed by atoms with van der Waals surface area (Å²) in [7, 11) is -19.4. The highest BCUT2D eigenvalue weighted by atomic mass is 32.2. The van der Waals surface area contributed by atoms with Crippen molar-refractivity contribution in [2.45, 2.75) is 33.4 Å². The molecule has 306 valence electrons. The van der Waals surface area contributed by atoms with E-state index >= 15 is 0 Å². The maximum absolute atomic E-state index is 12.0. The number of aryl methyl sites for hydroxylation is 2. The minimum absolute atomic E-state index is 0.0599. The van der Waals surface area contributed by atoms with Crippen LogP contribution in [0.15, 0.2) is 125 Å². The number of fused-ring (bicyclic) bond motifs is 1. The Bertz CT molecular complexity index is 3170. The Labute approximate surface area is 334 Å². The molecule has 59 heavy (non-hydrogen) atoms. The molecule has 22 nitrogen and oxygen atoms in total. The Morgan fingerprint density at radius 3 is 1.42 bits per heavy atom. The van der Waals surface area contributed by atoms with Gasteiger partial charge in [-0.15, -0.1) is 0 Å². The standard InChI is InChI=1S/C33H27N9O13S4/c1-17-9-20(5-7-28(17)41-39-22-4-3-19-11-24(56(44,45)46)16-30(27(19)14-22)59(53,54)55)34-31-36-32(38-33(43)37-31)35-21-6-8-29(18(2)10-21)42-40-23-12-25(57(47,48)49)15-26(13-23)58(50,51)52/h3-16H,1-2H3,(H,44,45,46)(H,47,48,49)(H,50,51,52)(H,53,54,55)(H3,34,35,36,37,38,43)/b41-39+,42-40+. The number of benzene rings is 5. The van der Waals surface area contributed by atoms with Crippen molar-refractivity contribution < 1.29 is 57.0 Å². The lowest BCUT2D eigenvalue weighted by atomic mass is 10.1. The van der Waals surface area contributed by atoms with Gasteiger partial charge in [0.25, 0.3) is 40.5 Å². The minimum Gasteiger partial charge on any atom is -0.479 e. The van der Waals surface area contributed by atoms with Gasteiger partial charge in [0.2, 0.25) is 11.9 Å². The third-order valence-electron chi connectivity index (χ3n) is 7.99. The fourth-order valence-corrected chi connectivity index (χ4v) is 7.78. The average molecular weight is 886 g/mol. The van der Waals surface area contributed by atoms with E-state index in [2.05, 4.69) is 46.0 Å². The van der Waals surface area contributed by atoms with Gasteiger partial charge in [-0.2, -0.15) is 69.1 Å². The van der Waals surface area contributed by atoms with Gasteiger partial charge < -0.3 is 15.7 Å². The van der Waals surface area contributed by atoms with Gasteiger partial charge in [0.05, 0.1) is 37.4 Å². The largest absolute Gasteiger partial charge is 0.479 e. The molecular formula is C33H27N9O13S4. The second-order valence-corrected chi connectivity index (χ2v) is 18.0. The van der Waals surface area contributed by atoms with Crippen LogP contribution in [0, 0.1) is 13.8 Å². The van der Waals surface area contributed by atoms with E-state index in [0.717, 1.165) is 18.2 Å². The van der Waals surface area contributed by atoms with Crippen LogP contribution in [0.2, 0.25) is 0 Å². The molecule has 26 heteroatoms. The first kappa shape index (κ1) is 42.2. The van der Waals surface area contributed by atoms with Gasteiger partial charge in [-0.25, -0.2) is 0 Å². The zero-order valence-corrected chi connectivity index (χ0v) is 33.1. The molecule has 6 aromatic rings. The minimum atomic E-state index is -4.91. The lowest BCUT2D eigenvalue weighted by Crippen LogP contribution is -2.04. The number of nitrogens with zero attached hydrogens (tertiary/aromatic N) is 7. The summed E-state index contributed by atoms with van der Waals surface area (Å²) >= 11 is 0. The third kappa shape index (κ3) is 10.4. The van der Waals surface area contributed by atoms with Crippen LogP contribution in [-0.4, -0.2) is 71.9 Å². The fourth-order valence-electron chi connectivity index (χ4n) is 5.27. The topological polar surface area (TPSA) is 350 Å². The van der Waals surface area contributed by atoms with Gasteiger partial charge in [-0.1, -0.05) is 6.07 Å². The van der Waals surface area contributed by atoms with Crippen molar-refractivity contribution in [2.75, 3.05) is 10.6 Å². The Morgan fingerprint density at radius 2 is 0.966 bits per heavy atom. The number of anilines is 4. The Balaban J connectivity index is 1.17. The first-order valence-electron chi connectivity index (χ1n) is 16.1. The van der Waals surface area contributed by atoms with Crippen LogP contribution in [0.5, 0.6) is 6.01 Å². The molecule has 0 saturated carbocycles. The maximum Gasteiger partial charge on any atom is 0.320 e. The third-order valence-corrected chi connectivity index (χ3v) is 11.4. The van der Waals surface area contributed by atoms with Crippen molar-refractivity contribution in [3.63, 3.8) is 0 Å². The van der Waals surface area contributed by atoms with E-state index in [9.17, 15) is 57.0 Å². The molecule has 0 aliphatic carbocycles. The molecule has 0 radical (unpaired) electrons. The normalized spacial score (nSPS) is 12.7. The van der Waals surface area contributed by atoms with Crippen molar-refractivity contribution in [1.82, 2.24) is 15.0 Å². The van der Waals surface area contributed by atoms with E-state index in [1.807, 2.05) is 0 Å². The molecule has 5 aromatic carbocycles. The Hall–Kier alpha value is -6.39. The summed E-state index contributed by atoms with van der Waals surface area (Å²) in [6, 6.07) is 16.8. The summed E-state index contributed by atoms with van der Waals surface area (Å²) < 4.78 is 132. The molecule has 0 aliphatic heterocycles. The molecule has 6 rings (SSSR count). The molecular weight excluding hydrogens is 859 g/mol. The number of hydrogen-bond donors (Lipinski definition) is 7. The van der Waals surface area contributed by atoms with E-state index in [1.54, 1.807) is 38.1 Å². The summed E-state index contributed by atoms with van der Waals surface area (Å²) in [5.41, 5.74) is 2.52. The predicted octanol–water partition coefficient (Wildman–Crippen LogP) is 6.65. The number of hydrogen-bond acceptors (Lipinski definition) is 18. The molecule has 0 saturated heterocycles. The molecule has 0 fully saturated rings. The Morgan fingerprint density at radius 1 is 0.492 bits per heavy atom. The smallest absolute Gasteiger partial charge is 0.320 e. The van der Waals surface area contributed by atoms with Gasteiger partial charge in [0.1, 0.15) is 4.90 Å². The molecule has 0 aliphatic rings. The second-order valence-electron chi connectivity index (χ2n) is 12.3. The maximum atomic E-state index is 12.0. The monoisotopic (exact) mass is 885 g/mol. The Kier molecular flexibility index (Phi) is 11.3. The quantitative estimate of drug-likeness (QED) is 0.0499. The van der Waals surface area contributed by atoms with Crippen molar-refractivity contribution in [3.05, 3.63) is 96.1 Å². The molecule has 0 bridgehead atoms. The summed E-state index contributed by atoms with van der Waals surface area (Å²) in [4.78, 5) is 8.91. The molecule has 0 unspecified atom stereocenters. The zero-order valence-electron chi connectivity index (χ0n) is 29.8. The summed E-state index contributed by atoms with van der Waals surface area (Å²) in [6.45, 7) is 3.36. The molecule has 0 atom stereocenters. The van der Waals surface area contributed by atoms with E-state index in [-0.39, 0.29) is 39.7 Å². The molecule has 0 amide bonds. The number of azo groups is 2. The van der Waals surface area contributed by atoms with E-state index in [1.165, 1.54) is 30.3 Å². The van der Waals surface area contributed by atoms with E-state index < -0.39 is 66.1 Å². The number of rotatable bonds is 12. The summed E-state index contributed by atoms with van der Waals surface area (Å²) in [6.07, 6.45) is 0. The van der Waals surface area contributed by atoms with Crippen molar-refractivity contribution >= 4 is 97.3 Å². The van der Waals surface area contributed by atoms with Crippen LogP contribution in [-0.2, 0) is 40.5 Å². The number of aromatic nitrogens is 3. The second kappa shape index (κ2) is 15.8. The first-order valence-corrected chi connectivity index (χ1v) is 21.9. The predicted molar refractivity (Wildman–Crippen MR) is 208 cm³/mol. The van der Waals surface area contributed by atoms with Crippen molar-refractivity contribution in [2.24, 2.45) is 20.5 Å². The average Bonchev–Trinajstić information content (AvgIpc) is 3.12. The molecule has 0 spiro atoms. The lowest BCUT2D eigenvalue weighted by molar-refractivity contribution is 0.430. The van der Waals surface area contributed by atoms with Crippen LogP contribution in [0.4, 0.5) is 46.0 Å². The van der Waals surface area contributed by atoms with Gasteiger partial charge in [-0.05, 0) is 109 Å². The number of aromatic hydroxyl groups is 1. The summed E-state index contributed by atoms with van der Waals surface area (Å²) in [5, 5.41) is 32.3. The van der Waals surface area contributed by atoms with Crippen LogP contribution in [0.25, 0.3) is 10.8 Å². The summed E-state index contributed by atoms with van der Waals surface area (Å²) in [5.74, 6) is -0.132. The van der Waals surface area contributed by atoms with Gasteiger partial charge in [0, 0.05) is 16.8 Å². The number of nitrogens with one attached hydrogen (secondary N) is 2. The van der Waals surface area contributed by atoms with Crippen LogP contribution < -0.4 is 10.6 Å². The SMILES string of the molecule is Cc1cc(Nc2nc(O)nc(Nc3ccc(/N=N/c4ccc5cc(S(=O)(=O)O)cc(S(=O)(=O)O)c5c4)c(C)c3)n2)ccc1/N=N/c1cc(S(=O)(=O)O)cc(S(=O)(=O)O)c1. The van der Waals surface area contributed by atoms with Crippen LogP contribution in [0.3, 0.4) is 0 Å². The lowest BCUT2D eigenvalue weighted by Gasteiger charge is -2.10. The molecule has 7 N–H and O–H groups in total.